The summed E-state index contributed by atoms with van der Waals surface area (Å²) in [6.45, 7) is 5.21. The lowest BCUT2D eigenvalue weighted by atomic mass is 10.3. The Hall–Kier alpha value is -0.0400. The van der Waals surface area contributed by atoms with Crippen molar-refractivity contribution in [2.24, 2.45) is 5.73 Å². The van der Waals surface area contributed by atoms with Crippen LogP contribution >= 0.6 is 12.2 Å². The summed E-state index contributed by atoms with van der Waals surface area (Å²) in [5.41, 5.74) is 6.97. The van der Waals surface area contributed by atoms with Gasteiger partial charge in [0.2, 0.25) is 0 Å². The van der Waals surface area contributed by atoms with E-state index in [-0.39, 0.29) is 0 Å². The molecule has 1 fully saturated rings. The molecule has 1 atom stereocenters. The molecule has 0 saturated carbocycles. The van der Waals surface area contributed by atoms with Crippen molar-refractivity contribution >= 4 is 28.5 Å². The van der Waals surface area contributed by atoms with Crippen LogP contribution in [0.4, 0.5) is 0 Å². The van der Waals surface area contributed by atoms with Gasteiger partial charge >= 0.3 is 0 Å². The minimum absolute atomic E-state index is 0.623. The maximum absolute atomic E-state index is 10.4. The van der Waals surface area contributed by atoms with Crippen molar-refractivity contribution in [3.05, 3.63) is 0 Å². The van der Waals surface area contributed by atoms with Gasteiger partial charge in [-0.15, -0.1) is 0 Å². The van der Waals surface area contributed by atoms with Crippen LogP contribution in [0.3, 0.4) is 0 Å². The minimum Gasteiger partial charge on any atom is -0.366 e. The number of hydrogen-bond donors (Lipinski definition) is 1. The lowest BCUT2D eigenvalue weighted by Crippen LogP contribution is -2.43. The minimum atomic E-state index is -0.623. The molecular formula is C11H25N3OS2. The molecule has 0 aromatic heterocycles. The highest BCUT2D eigenvalue weighted by Crippen LogP contribution is 1.94. The summed E-state index contributed by atoms with van der Waals surface area (Å²) in [7, 11) is 1.52. The van der Waals surface area contributed by atoms with Gasteiger partial charge in [-0.2, -0.15) is 0 Å². The maximum Gasteiger partial charge on any atom is 0.0641 e. The van der Waals surface area contributed by atoms with Crippen LogP contribution in [0.1, 0.15) is 12.8 Å². The normalized spacial score (nSPS) is 18.2. The van der Waals surface area contributed by atoms with Gasteiger partial charge in [-0.25, -0.2) is 0 Å². The molecule has 0 aliphatic carbocycles. The summed E-state index contributed by atoms with van der Waals surface area (Å²) >= 11 is 4.79. The third-order valence-corrected chi connectivity index (χ3v) is 3.73. The fourth-order valence-electron chi connectivity index (χ4n) is 1.38. The Morgan fingerprint density at radius 1 is 1.29 bits per heavy atom. The molecule has 1 aliphatic heterocycles. The highest BCUT2D eigenvalue weighted by Gasteiger charge is 2.08. The van der Waals surface area contributed by atoms with Gasteiger partial charge in [0.15, 0.2) is 0 Å². The Morgan fingerprint density at radius 2 is 1.88 bits per heavy atom. The van der Waals surface area contributed by atoms with Crippen LogP contribution in [0.25, 0.3) is 0 Å². The van der Waals surface area contributed by atoms with Crippen molar-refractivity contribution in [1.29, 1.82) is 0 Å². The Labute approximate surface area is 113 Å². The first-order valence-electron chi connectivity index (χ1n) is 5.98. The quantitative estimate of drug-likeness (QED) is 0.579. The Balaban J connectivity index is 0.000000304. The van der Waals surface area contributed by atoms with Crippen LogP contribution in [-0.2, 0) is 10.8 Å². The van der Waals surface area contributed by atoms with Gasteiger partial charge in [0, 0.05) is 49.0 Å². The number of rotatable bonds is 5. The van der Waals surface area contributed by atoms with E-state index in [9.17, 15) is 4.21 Å². The predicted octanol–water partition coefficient (Wildman–Crippen LogP) is 0.295. The zero-order valence-corrected chi connectivity index (χ0v) is 12.6. The van der Waals surface area contributed by atoms with Crippen LogP contribution in [0, 0.1) is 0 Å². The molecule has 102 valence electrons. The molecule has 0 amide bonds. The SMILES string of the molecule is CN1CCN(C=S)CC1.CS(=O)CCCCN. The number of likely N-dealkylation sites (N-methyl/N-ethyl adjacent to an activating group) is 1. The van der Waals surface area contributed by atoms with Gasteiger partial charge < -0.3 is 15.5 Å². The van der Waals surface area contributed by atoms with Crippen molar-refractivity contribution in [1.82, 2.24) is 9.80 Å². The molecule has 0 spiro atoms. The Morgan fingerprint density at radius 3 is 2.29 bits per heavy atom. The van der Waals surface area contributed by atoms with Gasteiger partial charge in [0.1, 0.15) is 0 Å². The summed E-state index contributed by atoms with van der Waals surface area (Å²) in [6, 6.07) is 0. The largest absolute Gasteiger partial charge is 0.366 e. The number of unbranched alkanes of at least 4 members (excludes halogenated alkanes) is 1. The average molecular weight is 279 g/mol. The van der Waals surface area contributed by atoms with E-state index in [1.165, 1.54) is 0 Å². The lowest BCUT2D eigenvalue weighted by Gasteiger charge is -2.30. The van der Waals surface area contributed by atoms with E-state index in [0.717, 1.165) is 51.3 Å². The number of nitrogens with zero attached hydrogens (tertiary/aromatic N) is 2. The second-order valence-electron chi connectivity index (χ2n) is 4.22. The highest BCUT2D eigenvalue weighted by molar-refractivity contribution is 7.84. The average Bonchev–Trinajstić information content (AvgIpc) is 2.31. The molecule has 1 rings (SSSR count). The van der Waals surface area contributed by atoms with Crippen LogP contribution in [0.2, 0.25) is 0 Å². The van der Waals surface area contributed by atoms with E-state index in [1.54, 1.807) is 11.7 Å². The van der Waals surface area contributed by atoms with Gasteiger partial charge in [0.25, 0.3) is 0 Å². The molecule has 6 heteroatoms. The molecule has 2 N–H and O–H groups in total. The summed E-state index contributed by atoms with van der Waals surface area (Å²) < 4.78 is 10.4. The molecule has 0 bridgehead atoms. The smallest absolute Gasteiger partial charge is 0.0641 e. The zero-order valence-electron chi connectivity index (χ0n) is 10.9. The molecule has 1 aliphatic rings. The number of thiocarbonyl (C=S) groups is 1. The second kappa shape index (κ2) is 11.1. The summed E-state index contributed by atoms with van der Waals surface area (Å²) in [6.07, 6.45) is 3.72. The van der Waals surface area contributed by atoms with Crippen molar-refractivity contribution < 1.29 is 4.21 Å². The second-order valence-corrected chi connectivity index (χ2v) is 5.98. The first kappa shape index (κ1) is 17.0. The van der Waals surface area contributed by atoms with Gasteiger partial charge in [-0.3, -0.25) is 4.21 Å². The Bertz CT molecular complexity index is 219. The molecular weight excluding hydrogens is 254 g/mol. The lowest BCUT2D eigenvalue weighted by molar-refractivity contribution is 0.221. The number of piperazine rings is 1. The topological polar surface area (TPSA) is 49.6 Å². The third kappa shape index (κ3) is 10.8. The zero-order chi connectivity index (χ0) is 13.1. The molecule has 0 aromatic rings. The molecule has 4 nitrogen and oxygen atoms in total. The van der Waals surface area contributed by atoms with Crippen molar-refractivity contribution in [3.8, 4) is 0 Å². The van der Waals surface area contributed by atoms with Crippen LogP contribution in [-0.4, -0.2) is 71.3 Å². The van der Waals surface area contributed by atoms with Gasteiger partial charge in [-0.05, 0) is 26.4 Å². The van der Waals surface area contributed by atoms with E-state index in [0.29, 0.717) is 0 Å². The van der Waals surface area contributed by atoms with E-state index in [2.05, 4.69) is 16.8 Å². The molecule has 1 heterocycles. The summed E-state index contributed by atoms with van der Waals surface area (Å²) in [5, 5.41) is 0. The third-order valence-electron chi connectivity index (χ3n) is 2.57. The van der Waals surface area contributed by atoms with E-state index in [1.807, 2.05) is 0 Å². The Kier molecular flexibility index (Phi) is 11.0. The van der Waals surface area contributed by atoms with Crippen molar-refractivity contribution in [2.45, 2.75) is 12.8 Å². The molecule has 1 saturated heterocycles. The molecule has 17 heavy (non-hydrogen) atoms. The van der Waals surface area contributed by atoms with E-state index >= 15 is 0 Å². The van der Waals surface area contributed by atoms with Gasteiger partial charge in [0.05, 0.1) is 5.49 Å². The standard InChI is InChI=1S/C6H12N2S.C5H13NOS/c1-7-2-4-8(6-9)5-3-7;1-8(7)5-3-2-4-6/h6H,2-5H2,1H3;2-6H2,1H3. The fraction of sp³-hybridized carbons (Fsp3) is 0.909. The van der Waals surface area contributed by atoms with Crippen molar-refractivity contribution in [2.75, 3.05) is 51.8 Å². The number of hydrogen-bond acceptors (Lipinski definition) is 4. The van der Waals surface area contributed by atoms with Gasteiger partial charge in [-0.1, -0.05) is 12.2 Å². The molecule has 1 unspecified atom stereocenters. The van der Waals surface area contributed by atoms with Crippen LogP contribution in [0.15, 0.2) is 0 Å². The first-order chi connectivity index (χ1) is 8.10. The molecule has 0 aromatic carbocycles. The molecule has 0 radical (unpaired) electrons. The fourth-order valence-corrected chi connectivity index (χ4v) is 2.20. The monoisotopic (exact) mass is 279 g/mol. The van der Waals surface area contributed by atoms with Crippen molar-refractivity contribution in [3.63, 3.8) is 0 Å². The van der Waals surface area contributed by atoms with Crippen LogP contribution in [0.5, 0.6) is 0 Å². The number of nitrogens with two attached hydrogens (primary N) is 1. The van der Waals surface area contributed by atoms with E-state index < -0.39 is 10.8 Å². The van der Waals surface area contributed by atoms with Crippen LogP contribution < -0.4 is 5.73 Å². The summed E-state index contributed by atoms with van der Waals surface area (Å²) in [4.78, 5) is 4.49. The van der Waals surface area contributed by atoms with E-state index in [4.69, 9.17) is 18.0 Å². The maximum atomic E-state index is 10.4. The predicted molar refractivity (Wildman–Crippen MR) is 79.9 cm³/mol. The first-order valence-corrected chi connectivity index (χ1v) is 8.18. The highest BCUT2D eigenvalue weighted by atomic mass is 32.2. The summed E-state index contributed by atoms with van der Waals surface area (Å²) in [5.74, 6) is 0.803.